The van der Waals surface area contributed by atoms with E-state index in [1.54, 1.807) is 11.3 Å². The topological polar surface area (TPSA) is 28.2 Å². The molecule has 1 fully saturated rings. The summed E-state index contributed by atoms with van der Waals surface area (Å²) < 4.78 is 0. The summed E-state index contributed by atoms with van der Waals surface area (Å²) >= 11 is 1.77. The van der Waals surface area contributed by atoms with E-state index >= 15 is 0 Å². The Kier molecular flexibility index (Phi) is 3.03. The highest BCUT2D eigenvalue weighted by Crippen LogP contribution is 2.22. The molecular weight excluding hydrogens is 194 g/mol. The van der Waals surface area contributed by atoms with E-state index in [4.69, 9.17) is 0 Å². The van der Waals surface area contributed by atoms with Crippen LogP contribution in [0.25, 0.3) is 0 Å². The van der Waals surface area contributed by atoms with Gasteiger partial charge in [-0.1, -0.05) is 0 Å². The molecule has 0 radical (unpaired) electrons. The van der Waals surface area contributed by atoms with Gasteiger partial charge in [-0.25, -0.2) is 4.98 Å². The summed E-state index contributed by atoms with van der Waals surface area (Å²) in [5.41, 5.74) is 0. The molecule has 0 spiro atoms. The largest absolute Gasteiger partial charge is 0.351 e. The molecule has 1 N–H and O–H groups in total. The van der Waals surface area contributed by atoms with Gasteiger partial charge in [0, 0.05) is 24.7 Å². The predicted octanol–water partition coefficient (Wildman–Crippen LogP) is 1.50. The molecule has 78 valence electrons. The molecule has 0 aromatic carbocycles. The van der Waals surface area contributed by atoms with E-state index < -0.39 is 0 Å². The molecular formula is C10H17N3S. The third kappa shape index (κ3) is 2.25. The smallest absolute Gasteiger partial charge is 0.185 e. The van der Waals surface area contributed by atoms with Crippen LogP contribution < -0.4 is 10.2 Å². The van der Waals surface area contributed by atoms with Crippen LogP contribution in [0.15, 0.2) is 6.20 Å². The first-order chi connectivity index (χ1) is 6.75. The van der Waals surface area contributed by atoms with Crippen molar-refractivity contribution in [2.75, 3.05) is 31.6 Å². The van der Waals surface area contributed by atoms with Gasteiger partial charge in [0.2, 0.25) is 0 Å². The number of nitrogens with zero attached hydrogens (tertiary/aromatic N) is 2. The van der Waals surface area contributed by atoms with Crippen LogP contribution in [0.5, 0.6) is 0 Å². The van der Waals surface area contributed by atoms with Gasteiger partial charge in [0.1, 0.15) is 0 Å². The van der Waals surface area contributed by atoms with E-state index in [-0.39, 0.29) is 0 Å². The summed E-state index contributed by atoms with van der Waals surface area (Å²) in [6.45, 7) is 5.57. The Morgan fingerprint density at radius 3 is 3.14 bits per heavy atom. The fourth-order valence-corrected chi connectivity index (χ4v) is 2.58. The molecule has 1 saturated heterocycles. The lowest BCUT2D eigenvalue weighted by atomic mass is 10.1. The molecule has 1 unspecified atom stereocenters. The minimum atomic E-state index is 0.796. The Morgan fingerprint density at radius 1 is 1.71 bits per heavy atom. The van der Waals surface area contributed by atoms with E-state index in [2.05, 4.69) is 29.2 Å². The fraction of sp³-hybridized carbons (Fsp3) is 0.700. The van der Waals surface area contributed by atoms with Crippen molar-refractivity contribution in [2.45, 2.75) is 13.3 Å². The van der Waals surface area contributed by atoms with E-state index in [0.29, 0.717) is 0 Å². The van der Waals surface area contributed by atoms with Crippen LogP contribution in [0, 0.1) is 12.8 Å². The quantitative estimate of drug-likeness (QED) is 0.821. The lowest BCUT2D eigenvalue weighted by Gasteiger charge is -2.19. The van der Waals surface area contributed by atoms with Gasteiger partial charge in [0.15, 0.2) is 5.13 Å². The molecule has 2 heterocycles. The van der Waals surface area contributed by atoms with Crippen LogP contribution in [-0.2, 0) is 0 Å². The highest BCUT2D eigenvalue weighted by molar-refractivity contribution is 7.15. The van der Waals surface area contributed by atoms with Crippen LogP contribution in [0.3, 0.4) is 0 Å². The number of anilines is 1. The number of hydrogen-bond donors (Lipinski definition) is 1. The van der Waals surface area contributed by atoms with Crippen molar-refractivity contribution in [2.24, 2.45) is 5.92 Å². The molecule has 1 aromatic rings. The molecule has 0 amide bonds. The third-order valence-electron chi connectivity index (χ3n) is 2.63. The molecule has 0 bridgehead atoms. The molecule has 0 saturated carbocycles. The van der Waals surface area contributed by atoms with Gasteiger partial charge >= 0.3 is 0 Å². The first-order valence-electron chi connectivity index (χ1n) is 5.10. The van der Waals surface area contributed by atoms with E-state index in [9.17, 15) is 0 Å². The number of aryl methyl sites for hydroxylation is 1. The molecule has 3 nitrogen and oxygen atoms in total. The zero-order valence-corrected chi connectivity index (χ0v) is 9.60. The normalized spacial score (nSPS) is 21.4. The number of aromatic nitrogens is 1. The molecule has 14 heavy (non-hydrogen) atoms. The molecule has 1 aliphatic heterocycles. The van der Waals surface area contributed by atoms with Crippen molar-refractivity contribution in [3.05, 3.63) is 11.1 Å². The minimum Gasteiger partial charge on any atom is -0.351 e. The van der Waals surface area contributed by atoms with Crippen molar-refractivity contribution in [1.29, 1.82) is 0 Å². The van der Waals surface area contributed by atoms with E-state index in [1.165, 1.54) is 17.8 Å². The van der Waals surface area contributed by atoms with Gasteiger partial charge in [-0.05, 0) is 32.4 Å². The molecule has 1 atom stereocenters. The first-order valence-corrected chi connectivity index (χ1v) is 5.91. The summed E-state index contributed by atoms with van der Waals surface area (Å²) in [4.78, 5) is 7.94. The van der Waals surface area contributed by atoms with Gasteiger partial charge in [0.05, 0.1) is 0 Å². The zero-order valence-electron chi connectivity index (χ0n) is 8.79. The molecule has 1 aliphatic rings. The van der Waals surface area contributed by atoms with Crippen LogP contribution in [-0.4, -0.2) is 31.7 Å². The van der Waals surface area contributed by atoms with Gasteiger partial charge in [-0.3, -0.25) is 0 Å². The maximum atomic E-state index is 4.38. The molecule has 4 heteroatoms. The number of thiazole rings is 1. The van der Waals surface area contributed by atoms with Gasteiger partial charge in [-0.15, -0.1) is 11.3 Å². The van der Waals surface area contributed by atoms with E-state index in [1.807, 2.05) is 6.20 Å². The Labute approximate surface area is 89.1 Å². The van der Waals surface area contributed by atoms with Gasteiger partial charge in [0.25, 0.3) is 0 Å². The maximum Gasteiger partial charge on any atom is 0.185 e. The number of rotatable bonds is 3. The van der Waals surface area contributed by atoms with Crippen LogP contribution in [0.4, 0.5) is 5.13 Å². The molecule has 0 aliphatic carbocycles. The van der Waals surface area contributed by atoms with Crippen molar-refractivity contribution in [1.82, 2.24) is 10.3 Å². The average molecular weight is 211 g/mol. The van der Waals surface area contributed by atoms with Crippen molar-refractivity contribution >= 4 is 16.5 Å². The van der Waals surface area contributed by atoms with Crippen LogP contribution >= 0.6 is 11.3 Å². The SMILES string of the molecule is Cc1cnc(N(C)CC2CCNC2)s1. The predicted molar refractivity (Wildman–Crippen MR) is 61.1 cm³/mol. The standard InChI is InChI=1S/C10H17N3S/c1-8-5-12-10(14-8)13(2)7-9-3-4-11-6-9/h5,9,11H,3-4,6-7H2,1-2H3. The lowest BCUT2D eigenvalue weighted by molar-refractivity contribution is 0.578. The van der Waals surface area contributed by atoms with Gasteiger partial charge in [-0.2, -0.15) is 0 Å². The summed E-state index contributed by atoms with van der Waals surface area (Å²) in [5, 5.41) is 4.54. The zero-order chi connectivity index (χ0) is 9.97. The second-order valence-electron chi connectivity index (χ2n) is 3.99. The van der Waals surface area contributed by atoms with Crippen molar-refractivity contribution < 1.29 is 0 Å². The summed E-state index contributed by atoms with van der Waals surface area (Å²) in [7, 11) is 2.14. The number of nitrogens with one attached hydrogen (secondary N) is 1. The van der Waals surface area contributed by atoms with E-state index in [0.717, 1.165) is 24.1 Å². The molecule has 1 aromatic heterocycles. The van der Waals surface area contributed by atoms with Crippen LogP contribution in [0.1, 0.15) is 11.3 Å². The maximum absolute atomic E-state index is 4.38. The highest BCUT2D eigenvalue weighted by atomic mass is 32.1. The second kappa shape index (κ2) is 4.28. The molecule has 2 rings (SSSR count). The summed E-state index contributed by atoms with van der Waals surface area (Å²) in [6.07, 6.45) is 3.25. The van der Waals surface area contributed by atoms with Crippen molar-refractivity contribution in [3.8, 4) is 0 Å². The summed E-state index contributed by atoms with van der Waals surface area (Å²) in [6, 6.07) is 0. The fourth-order valence-electron chi connectivity index (χ4n) is 1.85. The summed E-state index contributed by atoms with van der Waals surface area (Å²) in [5.74, 6) is 0.796. The average Bonchev–Trinajstić information content (AvgIpc) is 2.75. The first kappa shape index (κ1) is 9.93. The van der Waals surface area contributed by atoms with Crippen molar-refractivity contribution in [3.63, 3.8) is 0 Å². The number of hydrogen-bond acceptors (Lipinski definition) is 4. The Hall–Kier alpha value is -0.610. The Balaban J connectivity index is 1.91. The van der Waals surface area contributed by atoms with Crippen LogP contribution in [0.2, 0.25) is 0 Å². The second-order valence-corrected chi connectivity index (χ2v) is 5.21. The highest BCUT2D eigenvalue weighted by Gasteiger charge is 2.17. The third-order valence-corrected chi connectivity index (χ3v) is 3.66. The lowest BCUT2D eigenvalue weighted by Crippen LogP contribution is -2.26. The Morgan fingerprint density at radius 2 is 2.57 bits per heavy atom. The minimum absolute atomic E-state index is 0.796. The Bertz CT molecular complexity index is 291. The van der Waals surface area contributed by atoms with Gasteiger partial charge < -0.3 is 10.2 Å². The monoisotopic (exact) mass is 211 g/mol.